The van der Waals surface area contributed by atoms with E-state index in [2.05, 4.69) is 62.7 Å². The second-order valence-corrected chi connectivity index (χ2v) is 24.0. The molecule has 0 aliphatic carbocycles. The molecule has 0 bridgehead atoms. The topological polar surface area (TPSA) is 0 Å². The van der Waals surface area contributed by atoms with Gasteiger partial charge in [0.25, 0.3) is 0 Å². The average molecular weight is 657 g/mol. The molecule has 0 radical (unpaired) electrons. The summed E-state index contributed by atoms with van der Waals surface area (Å²) in [4.78, 5) is 0. The number of hydrogen-bond acceptors (Lipinski definition) is 2. The van der Waals surface area contributed by atoms with Gasteiger partial charge in [-0.25, -0.2) is 12.1 Å². The molecule has 0 nitrogen and oxygen atoms in total. The fraction of sp³-hybridized carbons (Fsp3) is 0.667. The molecule has 0 aliphatic heterocycles. The summed E-state index contributed by atoms with van der Waals surface area (Å²) >= 11 is 3.98. The third-order valence-corrected chi connectivity index (χ3v) is 30.9. The molecule has 0 atom stereocenters. The molecule has 8 heteroatoms. The van der Waals surface area contributed by atoms with E-state index in [1.807, 2.05) is 22.7 Å². The second-order valence-electron chi connectivity index (χ2n) is 8.41. The van der Waals surface area contributed by atoms with Gasteiger partial charge in [0, 0.05) is 15.2 Å². The smallest absolute Gasteiger partial charge is 1.00 e. The van der Waals surface area contributed by atoms with E-state index in [1.165, 1.54) is 75.5 Å². The molecule has 2 aromatic rings. The Balaban J connectivity index is -0.00000210. The van der Waals surface area contributed by atoms with Gasteiger partial charge in [-0.05, 0) is 0 Å². The van der Waals surface area contributed by atoms with Gasteiger partial charge in [0.2, 0.25) is 0 Å². The zero-order valence-corrected chi connectivity index (χ0v) is 30.4. The molecule has 0 spiro atoms. The number of unbranched alkanes of at least 4 members (excludes halogenated alkanes) is 4. The summed E-state index contributed by atoms with van der Waals surface area (Å²) in [6.07, 6.45) is 11.0. The quantitative estimate of drug-likeness (QED) is 0.198. The summed E-state index contributed by atoms with van der Waals surface area (Å²) in [6, 6.07) is 15.5. The molecule has 0 saturated heterocycles. The van der Waals surface area contributed by atoms with E-state index in [1.54, 1.807) is 9.00 Å². The van der Waals surface area contributed by atoms with Crippen LogP contribution in [0.2, 0.25) is 24.2 Å². The van der Waals surface area contributed by atoms with Crippen LogP contribution >= 0.6 is 22.7 Å². The Labute approximate surface area is 262 Å². The van der Waals surface area contributed by atoms with Gasteiger partial charge in [-0.1, -0.05) is 103 Å². The maximum atomic E-state index is 3.51. The minimum Gasteiger partial charge on any atom is -1.00 e. The fourth-order valence-corrected chi connectivity index (χ4v) is 33.6. The van der Waals surface area contributed by atoms with Crippen LogP contribution in [0, 0.1) is 10.8 Å². The van der Waals surface area contributed by atoms with Crippen LogP contribution in [0.25, 0.3) is 0 Å². The molecule has 0 aromatic carbocycles. The molecule has 2 heterocycles. The van der Waals surface area contributed by atoms with Crippen molar-refractivity contribution >= 4 is 93.0 Å². The predicted octanol–water partition coefficient (Wildman–Crippen LogP) is 0.947. The summed E-state index contributed by atoms with van der Waals surface area (Å²) in [5.41, 5.74) is 0. The van der Waals surface area contributed by atoms with Gasteiger partial charge in [-0.15, -0.1) is 10.8 Å². The maximum absolute atomic E-state index is 3.51. The van der Waals surface area contributed by atoms with E-state index in [0.29, 0.717) is 0 Å². The van der Waals surface area contributed by atoms with Crippen molar-refractivity contribution in [3.63, 3.8) is 0 Å². The first-order valence-corrected chi connectivity index (χ1v) is 19.1. The largest absolute Gasteiger partial charge is 2.00 e. The Bertz CT molecular complexity index is 568. The minimum atomic E-state index is -1.60. The SMILES string of the molecule is CCCC[Si](CCCC)(c1cc[c-]s1)[Si](CCCC)(CCCC)c1cc[c-]s1.[Br-].[Br-].[Mg+2].[Mg+2]. The predicted molar refractivity (Wildman–Crippen MR) is 147 cm³/mol. The van der Waals surface area contributed by atoms with Crippen molar-refractivity contribution in [1.82, 2.24) is 0 Å². The summed E-state index contributed by atoms with van der Waals surface area (Å²) in [5, 5.41) is 7.02. The van der Waals surface area contributed by atoms with Crippen LogP contribution in [0.15, 0.2) is 24.3 Å². The van der Waals surface area contributed by atoms with Gasteiger partial charge < -0.3 is 56.6 Å². The zero-order valence-electron chi connectivity index (χ0n) is 20.8. The van der Waals surface area contributed by atoms with E-state index in [-0.39, 0.29) is 80.1 Å². The molecule has 0 aliphatic rings. The van der Waals surface area contributed by atoms with Crippen LogP contribution < -0.4 is 43.0 Å². The van der Waals surface area contributed by atoms with Gasteiger partial charge in [0.05, 0.1) is 0 Å². The van der Waals surface area contributed by atoms with E-state index in [4.69, 9.17) is 0 Å². The molecule has 32 heavy (non-hydrogen) atoms. The van der Waals surface area contributed by atoms with Crippen LogP contribution in [0.5, 0.6) is 0 Å². The van der Waals surface area contributed by atoms with Crippen LogP contribution in [-0.2, 0) is 0 Å². The monoisotopic (exact) mass is 654 g/mol. The molecular weight excluding hydrogens is 617 g/mol. The molecule has 0 amide bonds. The van der Waals surface area contributed by atoms with Gasteiger partial charge in [-0.2, -0.15) is 21.1 Å². The minimum absolute atomic E-state index is 0. The number of rotatable bonds is 15. The van der Waals surface area contributed by atoms with Crippen molar-refractivity contribution in [2.75, 3.05) is 0 Å². The van der Waals surface area contributed by atoms with Crippen molar-refractivity contribution < 1.29 is 34.0 Å². The van der Waals surface area contributed by atoms with E-state index in [9.17, 15) is 0 Å². The van der Waals surface area contributed by atoms with Crippen molar-refractivity contribution in [3.05, 3.63) is 35.0 Å². The van der Waals surface area contributed by atoms with Gasteiger partial charge in [0.15, 0.2) is 0 Å². The summed E-state index contributed by atoms with van der Waals surface area (Å²) in [7, 11) is -3.21. The molecule has 0 saturated carbocycles. The van der Waals surface area contributed by atoms with E-state index >= 15 is 0 Å². The van der Waals surface area contributed by atoms with Crippen molar-refractivity contribution in [2.24, 2.45) is 0 Å². The zero-order chi connectivity index (χ0) is 20.3. The van der Waals surface area contributed by atoms with Crippen LogP contribution in [-0.4, -0.2) is 61.3 Å². The van der Waals surface area contributed by atoms with Gasteiger partial charge >= 0.3 is 46.1 Å². The van der Waals surface area contributed by atoms with Crippen molar-refractivity contribution in [2.45, 2.75) is 103 Å². The first-order valence-electron chi connectivity index (χ1n) is 11.6. The third-order valence-electron chi connectivity index (χ3n) is 6.63. The first-order chi connectivity index (χ1) is 13.7. The van der Waals surface area contributed by atoms with E-state index in [0.717, 1.165) is 0 Å². The normalized spacial score (nSPS) is 11.0. The van der Waals surface area contributed by atoms with Crippen LogP contribution in [0.1, 0.15) is 79.1 Å². The Morgan fingerprint density at radius 2 is 0.875 bits per heavy atom. The average Bonchev–Trinajstić information content (AvgIpc) is 3.44. The number of hydrogen-bond donors (Lipinski definition) is 0. The Morgan fingerprint density at radius 3 is 1.06 bits per heavy atom. The van der Waals surface area contributed by atoms with Crippen LogP contribution in [0.3, 0.4) is 0 Å². The molecule has 2 aromatic heterocycles. The van der Waals surface area contributed by atoms with Gasteiger partial charge in [-0.3, -0.25) is 0 Å². The molecule has 0 N–H and O–H groups in total. The maximum Gasteiger partial charge on any atom is 2.00 e. The molecule has 2 rings (SSSR count). The fourth-order valence-electron chi connectivity index (χ4n) is 5.08. The molecular formula is C24H40Br2Mg2S2Si2. The number of halogens is 2. The molecule has 0 unspecified atom stereocenters. The summed E-state index contributed by atoms with van der Waals surface area (Å²) in [6.45, 7) is 9.55. The Kier molecular flexibility index (Phi) is 26.0. The first kappa shape index (κ1) is 38.8. The summed E-state index contributed by atoms with van der Waals surface area (Å²) < 4.78 is 3.59. The van der Waals surface area contributed by atoms with Gasteiger partial charge in [0.1, 0.15) is 0 Å². The Morgan fingerprint density at radius 1 is 0.594 bits per heavy atom. The van der Waals surface area contributed by atoms with E-state index < -0.39 is 15.2 Å². The summed E-state index contributed by atoms with van der Waals surface area (Å²) in [5.74, 6) is 0. The second kappa shape index (κ2) is 21.4. The number of thiophene rings is 2. The van der Waals surface area contributed by atoms with Crippen molar-refractivity contribution in [3.8, 4) is 0 Å². The molecule has 0 fully saturated rings. The van der Waals surface area contributed by atoms with Crippen LogP contribution in [0.4, 0.5) is 0 Å². The molecule has 174 valence electrons. The third kappa shape index (κ3) is 9.65. The standard InChI is InChI=1S/C24H40S2Si2.2BrH.2Mg/c1-5-9-19-27(20-10-6-2,23-15-13-17-25-23)28(21-11-7-3,22-12-8-4)24-16-14-18-26-24;;;;/h13-16H,5-12,19-22H2,1-4H3;2*1H;;/q-2;;;2*+2/p-2. The Hall–Kier alpha value is 2.33. The van der Waals surface area contributed by atoms with Crippen molar-refractivity contribution in [1.29, 1.82) is 0 Å².